The van der Waals surface area contributed by atoms with Gasteiger partial charge in [0.15, 0.2) is 0 Å². The van der Waals surface area contributed by atoms with Crippen molar-refractivity contribution in [2.24, 2.45) is 5.92 Å². The lowest BCUT2D eigenvalue weighted by Gasteiger charge is -2.23. The fraction of sp³-hybridized carbons (Fsp3) is 0.545. The average molecular weight is 364 g/mol. The summed E-state index contributed by atoms with van der Waals surface area (Å²) < 4.78 is 2.36. The number of rotatable bonds is 2. The van der Waals surface area contributed by atoms with Crippen LogP contribution >= 0.6 is 0 Å². The molecule has 0 unspecified atom stereocenters. The predicted molar refractivity (Wildman–Crippen MR) is 105 cm³/mol. The van der Waals surface area contributed by atoms with E-state index in [0.29, 0.717) is 5.91 Å². The zero-order chi connectivity index (χ0) is 18.4. The molecule has 3 heterocycles. The molecule has 5 rings (SSSR count). The van der Waals surface area contributed by atoms with E-state index in [9.17, 15) is 4.79 Å². The van der Waals surface area contributed by atoms with Crippen LogP contribution in [0.3, 0.4) is 0 Å². The molecule has 3 aliphatic rings. The van der Waals surface area contributed by atoms with Gasteiger partial charge in [0.05, 0.1) is 11.9 Å². The molecule has 2 aromatic rings. The van der Waals surface area contributed by atoms with E-state index in [1.54, 1.807) is 0 Å². The van der Waals surface area contributed by atoms with Gasteiger partial charge in [-0.25, -0.2) is 4.98 Å². The molecule has 142 valence electrons. The monoisotopic (exact) mass is 364 g/mol. The third-order valence-electron chi connectivity index (χ3n) is 6.57. The van der Waals surface area contributed by atoms with Crippen molar-refractivity contribution < 1.29 is 4.79 Å². The first-order valence-electron chi connectivity index (χ1n) is 10.3. The van der Waals surface area contributed by atoms with E-state index in [1.165, 1.54) is 35.2 Å². The number of benzene rings is 1. The highest BCUT2D eigenvalue weighted by molar-refractivity contribution is 5.79. The van der Waals surface area contributed by atoms with E-state index in [1.807, 2.05) is 6.20 Å². The number of carbonyl (C=O) groups is 1. The van der Waals surface area contributed by atoms with Gasteiger partial charge in [-0.05, 0) is 31.0 Å². The van der Waals surface area contributed by atoms with Crippen molar-refractivity contribution in [3.8, 4) is 11.3 Å². The maximum atomic E-state index is 12.9. The minimum absolute atomic E-state index is 0.267. The summed E-state index contributed by atoms with van der Waals surface area (Å²) in [5, 5.41) is 0. The van der Waals surface area contributed by atoms with E-state index < -0.39 is 0 Å². The summed E-state index contributed by atoms with van der Waals surface area (Å²) in [5.74, 6) is 1.76. The van der Waals surface area contributed by atoms with Crippen molar-refractivity contribution in [3.63, 3.8) is 0 Å². The molecule has 27 heavy (non-hydrogen) atoms. The zero-order valence-electron chi connectivity index (χ0n) is 16.2. The van der Waals surface area contributed by atoms with Crippen LogP contribution in [-0.4, -0.2) is 45.4 Å². The van der Waals surface area contributed by atoms with Gasteiger partial charge in [0, 0.05) is 50.6 Å². The Morgan fingerprint density at radius 2 is 1.96 bits per heavy atom. The topological polar surface area (TPSA) is 41.4 Å². The first-order valence-corrected chi connectivity index (χ1v) is 10.3. The van der Waals surface area contributed by atoms with Crippen LogP contribution in [0.5, 0.6) is 0 Å². The number of fused-ring (bicyclic) bond motifs is 2. The molecule has 5 heteroatoms. The van der Waals surface area contributed by atoms with Crippen molar-refractivity contribution in [3.05, 3.63) is 41.3 Å². The molecule has 0 N–H and O–H groups in total. The SMILES string of the molecule is CN1Cc2cccc(-c3cnc4n3CCN(C(=O)C3CCCC3)CC4)c2C1. The first-order chi connectivity index (χ1) is 13.2. The molecular formula is C22H28N4O. The van der Waals surface area contributed by atoms with Gasteiger partial charge >= 0.3 is 0 Å². The number of carbonyl (C=O) groups excluding carboxylic acids is 1. The van der Waals surface area contributed by atoms with Crippen molar-refractivity contribution in [1.82, 2.24) is 19.4 Å². The molecule has 0 bridgehead atoms. The van der Waals surface area contributed by atoms with Gasteiger partial charge in [0.25, 0.3) is 0 Å². The lowest BCUT2D eigenvalue weighted by molar-refractivity contribution is -0.135. The summed E-state index contributed by atoms with van der Waals surface area (Å²) in [5.41, 5.74) is 5.39. The van der Waals surface area contributed by atoms with Crippen molar-refractivity contribution >= 4 is 5.91 Å². The molecule has 0 spiro atoms. The largest absolute Gasteiger partial charge is 0.340 e. The van der Waals surface area contributed by atoms with Crippen LogP contribution in [0.4, 0.5) is 0 Å². The number of amides is 1. The minimum atomic E-state index is 0.267. The van der Waals surface area contributed by atoms with Crippen LogP contribution in [0, 0.1) is 5.92 Å². The van der Waals surface area contributed by atoms with Gasteiger partial charge in [-0.3, -0.25) is 9.69 Å². The molecule has 1 aliphatic carbocycles. The third-order valence-corrected chi connectivity index (χ3v) is 6.57. The lowest BCUT2D eigenvalue weighted by atomic mass is 10.0. The number of aromatic nitrogens is 2. The Kier molecular flexibility index (Phi) is 4.27. The second-order valence-electron chi connectivity index (χ2n) is 8.38. The smallest absolute Gasteiger partial charge is 0.225 e. The molecule has 5 nitrogen and oxygen atoms in total. The summed E-state index contributed by atoms with van der Waals surface area (Å²) in [6, 6.07) is 6.64. The van der Waals surface area contributed by atoms with Gasteiger partial charge in [0.2, 0.25) is 5.91 Å². The quantitative estimate of drug-likeness (QED) is 0.822. The Bertz CT molecular complexity index is 865. The molecular weight excluding hydrogens is 336 g/mol. The lowest BCUT2D eigenvalue weighted by Crippen LogP contribution is -2.37. The number of imidazole rings is 1. The van der Waals surface area contributed by atoms with Crippen LogP contribution in [0.2, 0.25) is 0 Å². The van der Waals surface area contributed by atoms with E-state index in [0.717, 1.165) is 57.8 Å². The number of hydrogen-bond acceptors (Lipinski definition) is 3. The number of nitrogens with zero attached hydrogens (tertiary/aromatic N) is 4. The average Bonchev–Trinajstić information content (AvgIpc) is 3.38. The van der Waals surface area contributed by atoms with Crippen LogP contribution in [0.1, 0.15) is 42.6 Å². The first kappa shape index (κ1) is 17.0. The van der Waals surface area contributed by atoms with Crippen LogP contribution in [0.25, 0.3) is 11.3 Å². The molecule has 1 aromatic heterocycles. The van der Waals surface area contributed by atoms with Gasteiger partial charge in [-0.1, -0.05) is 31.0 Å². The molecule has 1 amide bonds. The van der Waals surface area contributed by atoms with Crippen LogP contribution in [0.15, 0.2) is 24.4 Å². The zero-order valence-corrected chi connectivity index (χ0v) is 16.2. The van der Waals surface area contributed by atoms with E-state index >= 15 is 0 Å². The molecule has 2 aliphatic heterocycles. The highest BCUT2D eigenvalue weighted by Crippen LogP contribution is 2.33. The van der Waals surface area contributed by atoms with Crippen LogP contribution in [-0.2, 0) is 30.8 Å². The molecule has 1 saturated carbocycles. The Labute approximate surface area is 161 Å². The van der Waals surface area contributed by atoms with Crippen molar-refractivity contribution in [2.75, 3.05) is 20.1 Å². The van der Waals surface area contributed by atoms with E-state index in [2.05, 4.69) is 39.6 Å². The van der Waals surface area contributed by atoms with Crippen molar-refractivity contribution in [1.29, 1.82) is 0 Å². The molecule has 0 saturated heterocycles. The highest BCUT2D eigenvalue weighted by atomic mass is 16.2. The fourth-order valence-electron chi connectivity index (χ4n) is 5.12. The van der Waals surface area contributed by atoms with Gasteiger partial charge in [-0.15, -0.1) is 0 Å². The highest BCUT2D eigenvalue weighted by Gasteiger charge is 2.29. The fourth-order valence-corrected chi connectivity index (χ4v) is 5.12. The normalized spacial score (nSPS) is 20.6. The molecule has 0 radical (unpaired) electrons. The standard InChI is InChI=1S/C22H28N4O/c1-24-14-17-7-4-8-18(19(17)15-24)20-13-23-21-9-10-25(11-12-26(20)21)22(27)16-5-2-3-6-16/h4,7-8,13,16H,2-3,5-6,9-12,14-15H2,1H3. The number of hydrogen-bond donors (Lipinski definition) is 0. The summed E-state index contributed by atoms with van der Waals surface area (Å²) in [4.78, 5) is 22.1. The van der Waals surface area contributed by atoms with Crippen LogP contribution < -0.4 is 0 Å². The maximum absolute atomic E-state index is 12.9. The molecule has 0 atom stereocenters. The predicted octanol–water partition coefficient (Wildman–Crippen LogP) is 3.07. The van der Waals surface area contributed by atoms with Gasteiger partial charge < -0.3 is 9.47 Å². The summed E-state index contributed by atoms with van der Waals surface area (Å²) in [6.45, 7) is 4.48. The molecule has 1 aromatic carbocycles. The second-order valence-corrected chi connectivity index (χ2v) is 8.38. The Morgan fingerprint density at radius 1 is 1.11 bits per heavy atom. The Balaban J connectivity index is 1.41. The Hall–Kier alpha value is -2.14. The van der Waals surface area contributed by atoms with E-state index in [-0.39, 0.29) is 5.92 Å². The minimum Gasteiger partial charge on any atom is -0.340 e. The second kappa shape index (κ2) is 6.79. The maximum Gasteiger partial charge on any atom is 0.225 e. The third kappa shape index (κ3) is 2.98. The van der Waals surface area contributed by atoms with Crippen molar-refractivity contribution in [2.45, 2.75) is 51.7 Å². The van der Waals surface area contributed by atoms with Gasteiger partial charge in [0.1, 0.15) is 5.82 Å². The molecule has 1 fully saturated rings. The van der Waals surface area contributed by atoms with Gasteiger partial charge in [-0.2, -0.15) is 0 Å². The summed E-state index contributed by atoms with van der Waals surface area (Å²) in [7, 11) is 2.17. The summed E-state index contributed by atoms with van der Waals surface area (Å²) >= 11 is 0. The van der Waals surface area contributed by atoms with E-state index in [4.69, 9.17) is 4.98 Å². The Morgan fingerprint density at radius 3 is 2.81 bits per heavy atom. The summed E-state index contributed by atoms with van der Waals surface area (Å²) in [6.07, 6.45) is 7.47.